The maximum absolute atomic E-state index is 10.4. The summed E-state index contributed by atoms with van der Waals surface area (Å²) in [5.41, 5.74) is 2.38. The third-order valence-electron chi connectivity index (χ3n) is 1.90. The third kappa shape index (κ3) is 0.981. The first-order valence-corrected chi connectivity index (χ1v) is 3.51. The molecule has 3 nitrogen and oxygen atoms in total. The summed E-state index contributed by atoms with van der Waals surface area (Å²) in [7, 11) is 0. The zero-order valence-electron chi connectivity index (χ0n) is 6.03. The summed E-state index contributed by atoms with van der Waals surface area (Å²) in [6.45, 7) is 1.45. The van der Waals surface area contributed by atoms with Crippen LogP contribution in [0.25, 0.3) is 0 Å². The van der Waals surface area contributed by atoms with Gasteiger partial charge in [0.2, 0.25) is 6.41 Å². The number of rotatable bonds is 1. The summed E-state index contributed by atoms with van der Waals surface area (Å²) in [6, 6.07) is 1.96. The van der Waals surface area contributed by atoms with E-state index in [1.54, 1.807) is 11.1 Å². The van der Waals surface area contributed by atoms with Crippen LogP contribution in [0.1, 0.15) is 11.1 Å². The maximum Gasteiger partial charge on any atom is 0.210 e. The van der Waals surface area contributed by atoms with E-state index in [-0.39, 0.29) is 0 Å². The lowest BCUT2D eigenvalue weighted by Crippen LogP contribution is -2.12. The predicted molar refractivity (Wildman–Crippen MR) is 39.5 cm³/mol. The van der Waals surface area contributed by atoms with Crippen LogP contribution in [0.15, 0.2) is 18.5 Å². The number of hydrogen-bond donors (Lipinski definition) is 0. The SMILES string of the molecule is O=CN1Cc2ccncc2C1. The molecular formula is C8H8N2O. The van der Waals surface area contributed by atoms with Crippen LogP contribution in [-0.4, -0.2) is 16.3 Å². The Morgan fingerprint density at radius 3 is 3.00 bits per heavy atom. The Labute approximate surface area is 64.7 Å². The molecular weight excluding hydrogens is 140 g/mol. The topological polar surface area (TPSA) is 33.2 Å². The summed E-state index contributed by atoms with van der Waals surface area (Å²) in [4.78, 5) is 16.1. The molecule has 0 atom stereocenters. The van der Waals surface area contributed by atoms with Gasteiger partial charge in [0.05, 0.1) is 0 Å². The van der Waals surface area contributed by atoms with E-state index in [2.05, 4.69) is 4.98 Å². The second-order valence-corrected chi connectivity index (χ2v) is 2.65. The average molecular weight is 148 g/mol. The first-order chi connectivity index (χ1) is 5.40. The maximum atomic E-state index is 10.4. The van der Waals surface area contributed by atoms with E-state index in [4.69, 9.17) is 0 Å². The largest absolute Gasteiger partial charge is 0.337 e. The van der Waals surface area contributed by atoms with Gasteiger partial charge in [-0.15, -0.1) is 0 Å². The first kappa shape index (κ1) is 6.34. The lowest BCUT2D eigenvalue weighted by molar-refractivity contribution is -0.118. The van der Waals surface area contributed by atoms with Crippen LogP contribution in [0, 0.1) is 0 Å². The van der Waals surface area contributed by atoms with Crippen LogP contribution in [-0.2, 0) is 17.9 Å². The van der Waals surface area contributed by atoms with Crippen molar-refractivity contribution in [2.45, 2.75) is 13.1 Å². The van der Waals surface area contributed by atoms with Crippen molar-refractivity contribution in [1.82, 2.24) is 9.88 Å². The number of hydrogen-bond acceptors (Lipinski definition) is 2. The smallest absolute Gasteiger partial charge is 0.210 e. The lowest BCUT2D eigenvalue weighted by atomic mass is 10.2. The zero-order chi connectivity index (χ0) is 7.68. The van der Waals surface area contributed by atoms with Crippen molar-refractivity contribution in [3.63, 3.8) is 0 Å². The number of carbonyl (C=O) groups excluding carboxylic acids is 1. The lowest BCUT2D eigenvalue weighted by Gasteiger charge is -2.04. The van der Waals surface area contributed by atoms with Crippen LogP contribution < -0.4 is 0 Å². The van der Waals surface area contributed by atoms with Gasteiger partial charge < -0.3 is 4.90 Å². The highest BCUT2D eigenvalue weighted by Crippen LogP contribution is 2.18. The van der Waals surface area contributed by atoms with Crippen LogP contribution >= 0.6 is 0 Å². The van der Waals surface area contributed by atoms with E-state index >= 15 is 0 Å². The summed E-state index contributed by atoms with van der Waals surface area (Å²) in [6.07, 6.45) is 4.45. The van der Waals surface area contributed by atoms with Gasteiger partial charge in [-0.3, -0.25) is 9.78 Å². The molecule has 0 N–H and O–H groups in total. The monoisotopic (exact) mass is 148 g/mol. The summed E-state index contributed by atoms with van der Waals surface area (Å²) in [5, 5.41) is 0. The fourth-order valence-electron chi connectivity index (χ4n) is 1.32. The van der Waals surface area contributed by atoms with Gasteiger partial charge in [0.25, 0.3) is 0 Å². The van der Waals surface area contributed by atoms with E-state index in [0.717, 1.165) is 13.0 Å². The van der Waals surface area contributed by atoms with Crippen LogP contribution in [0.4, 0.5) is 0 Å². The number of aromatic nitrogens is 1. The minimum atomic E-state index is 0.715. The molecule has 2 rings (SSSR count). The molecule has 0 aromatic carbocycles. The Hall–Kier alpha value is -1.38. The first-order valence-electron chi connectivity index (χ1n) is 3.51. The molecule has 1 aliphatic rings. The Balaban J connectivity index is 2.33. The highest BCUT2D eigenvalue weighted by atomic mass is 16.1. The minimum absolute atomic E-state index is 0.715. The van der Waals surface area contributed by atoms with Gasteiger partial charge in [-0.25, -0.2) is 0 Å². The van der Waals surface area contributed by atoms with Crippen molar-refractivity contribution >= 4 is 6.41 Å². The van der Waals surface area contributed by atoms with Crippen molar-refractivity contribution in [3.8, 4) is 0 Å². The number of fused-ring (bicyclic) bond motifs is 1. The van der Waals surface area contributed by atoms with Gasteiger partial charge in [0, 0.05) is 25.5 Å². The van der Waals surface area contributed by atoms with Gasteiger partial charge >= 0.3 is 0 Å². The second kappa shape index (κ2) is 2.34. The van der Waals surface area contributed by atoms with Gasteiger partial charge in [0.15, 0.2) is 0 Å². The Kier molecular flexibility index (Phi) is 1.35. The van der Waals surface area contributed by atoms with Crippen molar-refractivity contribution < 1.29 is 4.79 Å². The highest BCUT2D eigenvalue weighted by Gasteiger charge is 2.15. The zero-order valence-corrected chi connectivity index (χ0v) is 6.03. The van der Waals surface area contributed by atoms with Crippen molar-refractivity contribution in [1.29, 1.82) is 0 Å². The van der Waals surface area contributed by atoms with Crippen LogP contribution in [0.5, 0.6) is 0 Å². The fourth-order valence-corrected chi connectivity index (χ4v) is 1.32. The number of pyridine rings is 1. The van der Waals surface area contributed by atoms with Crippen molar-refractivity contribution in [2.24, 2.45) is 0 Å². The molecule has 1 aliphatic heterocycles. The summed E-state index contributed by atoms with van der Waals surface area (Å²) < 4.78 is 0. The molecule has 1 aromatic heterocycles. The average Bonchev–Trinajstić information content (AvgIpc) is 2.46. The van der Waals surface area contributed by atoms with Crippen LogP contribution in [0.3, 0.4) is 0 Å². The van der Waals surface area contributed by atoms with E-state index in [1.807, 2.05) is 12.3 Å². The summed E-state index contributed by atoms with van der Waals surface area (Å²) >= 11 is 0. The Morgan fingerprint density at radius 2 is 2.27 bits per heavy atom. The molecule has 1 aromatic rings. The molecule has 0 bridgehead atoms. The van der Waals surface area contributed by atoms with Crippen molar-refractivity contribution in [2.75, 3.05) is 0 Å². The highest BCUT2D eigenvalue weighted by molar-refractivity contribution is 5.50. The predicted octanol–water partition coefficient (Wildman–Crippen LogP) is 0.554. The van der Waals surface area contributed by atoms with Gasteiger partial charge in [-0.2, -0.15) is 0 Å². The molecule has 0 fully saturated rings. The molecule has 3 heteroatoms. The second-order valence-electron chi connectivity index (χ2n) is 2.65. The van der Waals surface area contributed by atoms with E-state index in [9.17, 15) is 4.79 Å². The van der Waals surface area contributed by atoms with E-state index in [0.29, 0.717) is 6.54 Å². The molecule has 0 unspecified atom stereocenters. The molecule has 1 amide bonds. The van der Waals surface area contributed by atoms with Crippen LogP contribution in [0.2, 0.25) is 0 Å². The molecule has 0 saturated heterocycles. The fraction of sp³-hybridized carbons (Fsp3) is 0.250. The Bertz CT molecular complexity index is 260. The standard InChI is InChI=1S/C8H8N2O/c11-6-10-4-7-1-2-9-3-8(7)5-10/h1-3,6H,4-5H2. The quantitative estimate of drug-likeness (QED) is 0.545. The van der Waals surface area contributed by atoms with Crippen molar-refractivity contribution in [3.05, 3.63) is 29.6 Å². The van der Waals surface area contributed by atoms with E-state index in [1.165, 1.54) is 11.1 Å². The molecule has 0 spiro atoms. The number of nitrogens with zero attached hydrogens (tertiary/aromatic N) is 2. The minimum Gasteiger partial charge on any atom is -0.337 e. The number of carbonyl (C=O) groups is 1. The molecule has 2 heterocycles. The Morgan fingerprint density at radius 1 is 1.45 bits per heavy atom. The molecule has 11 heavy (non-hydrogen) atoms. The normalized spacial score (nSPS) is 14.7. The van der Waals surface area contributed by atoms with E-state index < -0.39 is 0 Å². The molecule has 56 valence electrons. The van der Waals surface area contributed by atoms with Gasteiger partial charge in [-0.1, -0.05) is 0 Å². The van der Waals surface area contributed by atoms with Gasteiger partial charge in [0.1, 0.15) is 0 Å². The third-order valence-corrected chi connectivity index (χ3v) is 1.90. The number of amides is 1. The molecule has 0 aliphatic carbocycles. The molecule has 0 saturated carbocycles. The van der Waals surface area contributed by atoms with Gasteiger partial charge in [-0.05, 0) is 17.2 Å². The molecule has 0 radical (unpaired) electrons. The summed E-state index contributed by atoms with van der Waals surface area (Å²) in [5.74, 6) is 0.